The minimum atomic E-state index is -0.219. The van der Waals surface area contributed by atoms with Gasteiger partial charge in [-0.2, -0.15) is 0 Å². The summed E-state index contributed by atoms with van der Waals surface area (Å²) >= 11 is 0. The van der Waals surface area contributed by atoms with Crippen LogP contribution >= 0.6 is 0 Å². The number of hydrogen-bond acceptors (Lipinski definition) is 4. The molecule has 2 heterocycles. The van der Waals surface area contributed by atoms with Crippen molar-refractivity contribution in [2.45, 2.75) is 31.9 Å². The molecule has 3 N–H and O–H groups in total. The first-order chi connectivity index (χ1) is 7.66. The summed E-state index contributed by atoms with van der Waals surface area (Å²) in [4.78, 5) is 6.52. The molecule has 0 aliphatic carbocycles. The van der Waals surface area contributed by atoms with Gasteiger partial charge in [0.15, 0.2) is 0 Å². The Balaban J connectivity index is 2.09. The third-order valence-electron chi connectivity index (χ3n) is 3.02. The number of hydrogen-bond donors (Lipinski definition) is 2. The Hall–Kier alpha value is -1.13. The van der Waals surface area contributed by atoms with Gasteiger partial charge < -0.3 is 15.7 Å². The molecule has 16 heavy (non-hydrogen) atoms. The van der Waals surface area contributed by atoms with E-state index < -0.39 is 0 Å². The third-order valence-corrected chi connectivity index (χ3v) is 3.02. The Morgan fingerprint density at radius 2 is 2.38 bits per heavy atom. The van der Waals surface area contributed by atoms with Crippen molar-refractivity contribution in [3.05, 3.63) is 23.9 Å². The van der Waals surface area contributed by atoms with Gasteiger partial charge >= 0.3 is 0 Å². The number of nitrogens with zero attached hydrogens (tertiary/aromatic N) is 2. The van der Waals surface area contributed by atoms with Gasteiger partial charge in [-0.3, -0.25) is 0 Å². The molecule has 1 aromatic heterocycles. The lowest BCUT2D eigenvalue weighted by atomic mass is 10.1. The predicted molar refractivity (Wildman–Crippen MR) is 64.3 cm³/mol. The summed E-state index contributed by atoms with van der Waals surface area (Å²) in [7, 11) is 0. The minimum absolute atomic E-state index is 0.0218. The minimum Gasteiger partial charge on any atom is -0.391 e. The number of rotatable bonds is 2. The third kappa shape index (κ3) is 2.51. The van der Waals surface area contributed by atoms with Crippen LogP contribution in [0.25, 0.3) is 0 Å². The van der Waals surface area contributed by atoms with Gasteiger partial charge in [-0.05, 0) is 31.4 Å². The van der Waals surface area contributed by atoms with Gasteiger partial charge in [0, 0.05) is 25.3 Å². The monoisotopic (exact) mass is 221 g/mol. The van der Waals surface area contributed by atoms with Crippen LogP contribution in [0.4, 0.5) is 5.82 Å². The molecule has 2 rings (SSSR count). The Kier molecular flexibility index (Phi) is 3.41. The van der Waals surface area contributed by atoms with Crippen LogP contribution in [0.3, 0.4) is 0 Å². The number of pyridine rings is 1. The van der Waals surface area contributed by atoms with Crippen LogP contribution < -0.4 is 10.6 Å². The van der Waals surface area contributed by atoms with E-state index in [2.05, 4.69) is 9.88 Å². The van der Waals surface area contributed by atoms with E-state index in [1.165, 1.54) is 0 Å². The van der Waals surface area contributed by atoms with E-state index in [1.54, 1.807) is 0 Å². The predicted octanol–water partition coefficient (Wildman–Crippen LogP) is 1.06. The number of aromatic nitrogens is 1. The topological polar surface area (TPSA) is 62.4 Å². The van der Waals surface area contributed by atoms with Gasteiger partial charge in [0.1, 0.15) is 5.82 Å². The molecule has 4 heteroatoms. The van der Waals surface area contributed by atoms with Crippen LogP contribution in [0.15, 0.2) is 18.3 Å². The van der Waals surface area contributed by atoms with Gasteiger partial charge in [-0.25, -0.2) is 4.98 Å². The van der Waals surface area contributed by atoms with Crippen molar-refractivity contribution in [3.63, 3.8) is 0 Å². The maximum absolute atomic E-state index is 9.59. The molecule has 1 saturated heterocycles. The second kappa shape index (κ2) is 4.80. The number of β-amino-alcohol motifs (C(OH)–C–C–N with tert-alkyl or cyclic N) is 1. The Morgan fingerprint density at radius 1 is 1.56 bits per heavy atom. The number of aliphatic hydroxyl groups is 1. The highest BCUT2D eigenvalue weighted by molar-refractivity contribution is 5.40. The van der Waals surface area contributed by atoms with E-state index in [9.17, 15) is 5.11 Å². The molecule has 0 aromatic carbocycles. The number of nitrogens with two attached hydrogens (primary N) is 1. The molecule has 2 atom stereocenters. The first-order valence-corrected chi connectivity index (χ1v) is 5.81. The van der Waals surface area contributed by atoms with Crippen molar-refractivity contribution >= 4 is 5.82 Å². The molecule has 1 fully saturated rings. The second-order valence-electron chi connectivity index (χ2n) is 4.48. The van der Waals surface area contributed by atoms with Gasteiger partial charge in [-0.1, -0.05) is 6.07 Å². The van der Waals surface area contributed by atoms with Crippen LogP contribution in [-0.2, 0) is 0 Å². The maximum atomic E-state index is 9.59. The fraction of sp³-hybridized carbons (Fsp3) is 0.583. The van der Waals surface area contributed by atoms with Gasteiger partial charge in [0.25, 0.3) is 0 Å². The highest BCUT2D eigenvalue weighted by atomic mass is 16.3. The van der Waals surface area contributed by atoms with E-state index in [4.69, 9.17) is 5.73 Å². The van der Waals surface area contributed by atoms with Crippen LogP contribution in [0, 0.1) is 0 Å². The summed E-state index contributed by atoms with van der Waals surface area (Å²) in [5.41, 5.74) is 6.81. The van der Waals surface area contributed by atoms with Crippen molar-refractivity contribution in [1.29, 1.82) is 0 Å². The van der Waals surface area contributed by atoms with Crippen molar-refractivity contribution < 1.29 is 5.11 Å². The highest BCUT2D eigenvalue weighted by Crippen LogP contribution is 2.19. The normalized spacial score (nSPS) is 23.2. The molecule has 0 bridgehead atoms. The summed E-state index contributed by atoms with van der Waals surface area (Å²) < 4.78 is 0. The zero-order valence-corrected chi connectivity index (χ0v) is 9.63. The fourth-order valence-electron chi connectivity index (χ4n) is 2.02. The van der Waals surface area contributed by atoms with Gasteiger partial charge in [0.2, 0.25) is 0 Å². The lowest BCUT2D eigenvalue weighted by Crippen LogP contribution is -2.38. The number of anilines is 1. The summed E-state index contributed by atoms with van der Waals surface area (Å²) in [6.07, 6.45) is 3.52. The van der Waals surface area contributed by atoms with Crippen LogP contribution in [-0.4, -0.2) is 29.3 Å². The molecule has 0 spiro atoms. The Morgan fingerprint density at radius 3 is 2.94 bits per heavy atom. The smallest absolute Gasteiger partial charge is 0.128 e. The lowest BCUT2D eigenvalue weighted by Gasteiger charge is -2.31. The first-order valence-electron chi connectivity index (χ1n) is 5.81. The van der Waals surface area contributed by atoms with Crippen molar-refractivity contribution in [2.75, 3.05) is 18.0 Å². The van der Waals surface area contributed by atoms with E-state index in [0.29, 0.717) is 6.54 Å². The second-order valence-corrected chi connectivity index (χ2v) is 4.48. The van der Waals surface area contributed by atoms with Crippen molar-refractivity contribution in [2.24, 2.45) is 5.73 Å². The van der Waals surface area contributed by atoms with Crippen molar-refractivity contribution in [1.82, 2.24) is 4.98 Å². The Bertz CT molecular complexity index is 337. The molecule has 4 nitrogen and oxygen atoms in total. The van der Waals surface area contributed by atoms with Crippen molar-refractivity contribution in [3.8, 4) is 0 Å². The molecule has 0 amide bonds. The maximum Gasteiger partial charge on any atom is 0.128 e. The molecule has 1 aliphatic heterocycles. The average molecular weight is 221 g/mol. The van der Waals surface area contributed by atoms with E-state index in [0.717, 1.165) is 30.8 Å². The molecule has 1 aliphatic rings. The molecular weight excluding hydrogens is 202 g/mol. The number of piperidine rings is 1. The van der Waals surface area contributed by atoms with Gasteiger partial charge in [-0.15, -0.1) is 0 Å². The first kappa shape index (κ1) is 11.4. The van der Waals surface area contributed by atoms with Gasteiger partial charge in [0.05, 0.1) is 6.10 Å². The standard InChI is InChI=1S/C12H19N3O/c1-9(13)10-4-5-12(14-7-10)15-6-2-3-11(16)8-15/h4-5,7,9,11,16H,2-3,6,8,13H2,1H3/t9-,11?/m0/s1. The zero-order valence-electron chi connectivity index (χ0n) is 9.63. The SMILES string of the molecule is C[C@H](N)c1ccc(N2CCCC(O)C2)nc1. The molecule has 88 valence electrons. The fourth-order valence-corrected chi connectivity index (χ4v) is 2.02. The lowest BCUT2D eigenvalue weighted by molar-refractivity contribution is 0.154. The summed E-state index contributed by atoms with van der Waals surface area (Å²) in [5.74, 6) is 0.933. The summed E-state index contributed by atoms with van der Waals surface area (Å²) in [6.45, 7) is 3.60. The molecule has 0 saturated carbocycles. The quantitative estimate of drug-likeness (QED) is 0.784. The highest BCUT2D eigenvalue weighted by Gasteiger charge is 2.18. The number of aliphatic hydroxyl groups excluding tert-OH is 1. The van der Waals surface area contributed by atoms with E-state index in [-0.39, 0.29) is 12.1 Å². The van der Waals surface area contributed by atoms with E-state index in [1.807, 2.05) is 25.3 Å². The largest absolute Gasteiger partial charge is 0.391 e. The molecule has 1 aromatic rings. The summed E-state index contributed by atoms with van der Waals surface area (Å²) in [6, 6.07) is 4.01. The van der Waals surface area contributed by atoms with E-state index >= 15 is 0 Å². The zero-order chi connectivity index (χ0) is 11.5. The molecule has 1 unspecified atom stereocenters. The average Bonchev–Trinajstić information content (AvgIpc) is 2.29. The summed E-state index contributed by atoms with van der Waals surface area (Å²) in [5, 5.41) is 9.59. The van der Waals surface area contributed by atoms with Crippen LogP contribution in [0.1, 0.15) is 31.4 Å². The molecule has 0 radical (unpaired) electrons. The molecular formula is C12H19N3O. The van der Waals surface area contributed by atoms with Crippen LogP contribution in [0.5, 0.6) is 0 Å². The van der Waals surface area contributed by atoms with Crippen LogP contribution in [0.2, 0.25) is 0 Å². The Labute approximate surface area is 96.1 Å².